The van der Waals surface area contributed by atoms with E-state index in [-0.39, 0.29) is 12.0 Å². The molecule has 0 saturated heterocycles. The summed E-state index contributed by atoms with van der Waals surface area (Å²) < 4.78 is 1.37. The Morgan fingerprint density at radius 1 is 1.20 bits per heavy atom. The summed E-state index contributed by atoms with van der Waals surface area (Å²) in [4.78, 5) is 1.50. The summed E-state index contributed by atoms with van der Waals surface area (Å²) in [6, 6.07) is 12.9. The Balaban J connectivity index is 1.67. The molecule has 0 spiro atoms. The van der Waals surface area contributed by atoms with Crippen LogP contribution in [0.15, 0.2) is 46.3 Å². The van der Waals surface area contributed by atoms with Crippen molar-refractivity contribution < 1.29 is 5.11 Å². The average Bonchev–Trinajstić information content (AvgIpc) is 3.24. The smallest absolute Gasteiger partial charge is 0.0812 e. The largest absolute Gasteiger partial charge is 0.388 e. The molecule has 134 valence electrons. The highest BCUT2D eigenvalue weighted by molar-refractivity contribution is 9.11. The standard InChI is InChI=1S/C22H27BrOS/c1-15(2)22(24)18-10-8-17(9-11-18)21-16(12-13-20(21)23)5-3-6-19-7-4-14-25-19/h4,7-11,14-16,22,24H,3,5-6,12-13H2,1-2H3/t16-,22?/m0/s1. The van der Waals surface area contributed by atoms with Crippen LogP contribution in [-0.2, 0) is 6.42 Å². The van der Waals surface area contributed by atoms with Gasteiger partial charge in [0.2, 0.25) is 0 Å². The number of hydrogen-bond donors (Lipinski definition) is 1. The first kappa shape index (κ1) is 18.9. The Morgan fingerprint density at radius 2 is 1.96 bits per heavy atom. The van der Waals surface area contributed by atoms with Gasteiger partial charge in [0, 0.05) is 4.88 Å². The summed E-state index contributed by atoms with van der Waals surface area (Å²) in [6.45, 7) is 4.11. The highest BCUT2D eigenvalue weighted by Crippen LogP contribution is 2.44. The molecule has 1 aromatic heterocycles. The van der Waals surface area contributed by atoms with E-state index < -0.39 is 0 Å². The van der Waals surface area contributed by atoms with Gasteiger partial charge in [0.1, 0.15) is 0 Å². The van der Waals surface area contributed by atoms with Crippen LogP contribution >= 0.6 is 27.3 Å². The first-order valence-corrected chi connectivity index (χ1v) is 10.9. The lowest BCUT2D eigenvalue weighted by Crippen LogP contribution is -2.05. The van der Waals surface area contributed by atoms with Crippen molar-refractivity contribution in [2.75, 3.05) is 0 Å². The van der Waals surface area contributed by atoms with E-state index in [1.807, 2.05) is 11.3 Å². The summed E-state index contributed by atoms with van der Waals surface area (Å²) in [7, 11) is 0. The van der Waals surface area contributed by atoms with Crippen LogP contribution in [0.3, 0.4) is 0 Å². The molecule has 1 aromatic carbocycles. The quantitative estimate of drug-likeness (QED) is 0.513. The van der Waals surface area contributed by atoms with E-state index >= 15 is 0 Å². The Hall–Kier alpha value is -0.900. The van der Waals surface area contributed by atoms with Gasteiger partial charge in [-0.1, -0.05) is 60.1 Å². The van der Waals surface area contributed by atoms with Crippen LogP contribution in [0.1, 0.15) is 61.6 Å². The zero-order valence-electron chi connectivity index (χ0n) is 15.0. The number of hydrogen-bond acceptors (Lipinski definition) is 2. The van der Waals surface area contributed by atoms with Gasteiger partial charge < -0.3 is 5.11 Å². The molecule has 3 heteroatoms. The van der Waals surface area contributed by atoms with E-state index in [9.17, 15) is 5.11 Å². The van der Waals surface area contributed by atoms with Crippen molar-refractivity contribution in [3.8, 4) is 0 Å². The maximum absolute atomic E-state index is 10.2. The molecule has 1 aliphatic carbocycles. The van der Waals surface area contributed by atoms with Gasteiger partial charge >= 0.3 is 0 Å². The van der Waals surface area contributed by atoms with Crippen molar-refractivity contribution in [3.63, 3.8) is 0 Å². The van der Waals surface area contributed by atoms with E-state index in [4.69, 9.17) is 0 Å². The first-order chi connectivity index (χ1) is 12.1. The van der Waals surface area contributed by atoms with Crippen LogP contribution in [0.2, 0.25) is 0 Å². The van der Waals surface area contributed by atoms with Crippen LogP contribution in [-0.4, -0.2) is 5.11 Å². The molecule has 3 rings (SSSR count). The van der Waals surface area contributed by atoms with Crippen LogP contribution in [0.4, 0.5) is 0 Å². The van der Waals surface area contributed by atoms with E-state index in [0.29, 0.717) is 5.92 Å². The third kappa shape index (κ3) is 4.64. The van der Waals surface area contributed by atoms with Gasteiger partial charge in [-0.2, -0.15) is 0 Å². The number of halogens is 1. The number of thiophene rings is 1. The van der Waals surface area contributed by atoms with E-state index in [1.165, 1.54) is 46.2 Å². The normalized spacial score (nSPS) is 19.0. The number of aryl methyl sites for hydroxylation is 1. The molecule has 0 bridgehead atoms. The maximum atomic E-state index is 10.2. The average molecular weight is 419 g/mol. The molecule has 0 aliphatic heterocycles. The van der Waals surface area contributed by atoms with E-state index in [1.54, 1.807) is 0 Å². The van der Waals surface area contributed by atoms with Gasteiger partial charge in [-0.15, -0.1) is 11.3 Å². The maximum Gasteiger partial charge on any atom is 0.0812 e. The number of rotatable bonds is 7. The van der Waals surface area contributed by atoms with Crippen LogP contribution in [0, 0.1) is 11.8 Å². The zero-order valence-corrected chi connectivity index (χ0v) is 17.4. The summed E-state index contributed by atoms with van der Waals surface area (Å²) in [5.74, 6) is 0.892. The molecule has 0 saturated carbocycles. The number of aliphatic hydroxyl groups excluding tert-OH is 1. The second-order valence-electron chi connectivity index (χ2n) is 7.34. The fraction of sp³-hybridized carbons (Fsp3) is 0.455. The fourth-order valence-corrected chi connectivity index (χ4v) is 5.24. The highest BCUT2D eigenvalue weighted by atomic mass is 79.9. The van der Waals surface area contributed by atoms with Crippen molar-refractivity contribution in [2.24, 2.45) is 11.8 Å². The molecule has 2 aromatic rings. The number of allylic oxidation sites excluding steroid dienone is 2. The fourth-order valence-electron chi connectivity index (χ4n) is 3.70. The monoisotopic (exact) mass is 418 g/mol. The third-order valence-electron chi connectivity index (χ3n) is 5.16. The van der Waals surface area contributed by atoms with Crippen LogP contribution in [0.5, 0.6) is 0 Å². The minimum atomic E-state index is -0.378. The van der Waals surface area contributed by atoms with Crippen LogP contribution in [0.25, 0.3) is 5.57 Å². The summed E-state index contributed by atoms with van der Waals surface area (Å²) in [5.41, 5.74) is 3.81. The van der Waals surface area contributed by atoms with E-state index in [2.05, 4.69) is 71.6 Å². The Kier molecular flexibility index (Phi) is 6.54. The molecule has 1 N–H and O–H groups in total. The van der Waals surface area contributed by atoms with Gasteiger partial charge in [-0.25, -0.2) is 0 Å². The van der Waals surface area contributed by atoms with Gasteiger partial charge in [-0.05, 0) is 76.6 Å². The van der Waals surface area contributed by atoms with Gasteiger partial charge in [0.15, 0.2) is 0 Å². The lowest BCUT2D eigenvalue weighted by molar-refractivity contribution is 0.127. The summed E-state index contributed by atoms with van der Waals surface area (Å²) >= 11 is 5.68. The molecule has 0 fully saturated rings. The van der Waals surface area contributed by atoms with Gasteiger partial charge in [0.25, 0.3) is 0 Å². The molecular weight excluding hydrogens is 392 g/mol. The van der Waals surface area contributed by atoms with Crippen molar-refractivity contribution in [3.05, 3.63) is 62.3 Å². The predicted octanol–water partition coefficient (Wildman–Crippen LogP) is 6.98. The van der Waals surface area contributed by atoms with Crippen molar-refractivity contribution in [2.45, 2.75) is 52.1 Å². The molecular formula is C22H27BrOS. The lowest BCUT2D eigenvalue weighted by atomic mass is 9.89. The van der Waals surface area contributed by atoms with Crippen LogP contribution < -0.4 is 0 Å². The highest BCUT2D eigenvalue weighted by Gasteiger charge is 2.25. The summed E-state index contributed by atoms with van der Waals surface area (Å²) in [6.07, 6.45) is 5.71. The first-order valence-electron chi connectivity index (χ1n) is 9.25. The zero-order chi connectivity index (χ0) is 17.8. The van der Waals surface area contributed by atoms with E-state index in [0.717, 1.165) is 12.0 Å². The molecule has 1 unspecified atom stereocenters. The molecule has 0 radical (unpaired) electrons. The Labute approximate surface area is 163 Å². The minimum absolute atomic E-state index is 0.244. The predicted molar refractivity (Wildman–Crippen MR) is 112 cm³/mol. The van der Waals surface area contributed by atoms with Gasteiger partial charge in [-0.3, -0.25) is 0 Å². The third-order valence-corrected chi connectivity index (χ3v) is 6.92. The topological polar surface area (TPSA) is 20.2 Å². The molecule has 0 amide bonds. The van der Waals surface area contributed by atoms with Gasteiger partial charge in [0.05, 0.1) is 6.10 Å². The Bertz CT molecular complexity index is 700. The number of benzene rings is 1. The minimum Gasteiger partial charge on any atom is -0.388 e. The molecule has 25 heavy (non-hydrogen) atoms. The molecule has 1 nitrogen and oxygen atoms in total. The van der Waals surface area contributed by atoms with Crippen molar-refractivity contribution in [1.82, 2.24) is 0 Å². The molecule has 1 aliphatic rings. The summed E-state index contributed by atoms with van der Waals surface area (Å²) in [5, 5.41) is 12.4. The number of aliphatic hydroxyl groups is 1. The second-order valence-corrected chi connectivity index (χ2v) is 9.33. The van der Waals surface area contributed by atoms with Crippen molar-refractivity contribution in [1.29, 1.82) is 0 Å². The molecule has 2 atom stereocenters. The second kappa shape index (κ2) is 8.66. The molecule has 1 heterocycles. The SMILES string of the molecule is CC(C)C(O)c1ccc(C2=C(Br)CC[C@@H]2CCCc2cccs2)cc1. The Morgan fingerprint density at radius 3 is 2.60 bits per heavy atom. The lowest BCUT2D eigenvalue weighted by Gasteiger charge is -2.18. The van der Waals surface area contributed by atoms with Crippen molar-refractivity contribution >= 4 is 32.8 Å².